The molecule has 0 unspecified atom stereocenters. The summed E-state index contributed by atoms with van der Waals surface area (Å²) in [5.74, 6) is -0.877. The Bertz CT molecular complexity index is 858. The lowest BCUT2D eigenvalue weighted by molar-refractivity contribution is -0.124. The highest BCUT2D eigenvalue weighted by Gasteiger charge is 2.21. The lowest BCUT2D eigenvalue weighted by Crippen LogP contribution is -2.45. The molecule has 0 atom stereocenters. The molecule has 0 radical (unpaired) electrons. The quantitative estimate of drug-likeness (QED) is 0.669. The number of piperidine rings is 1. The van der Waals surface area contributed by atoms with Gasteiger partial charge >= 0.3 is 0 Å². The molecule has 1 aliphatic rings. The van der Waals surface area contributed by atoms with E-state index in [9.17, 15) is 13.6 Å². The summed E-state index contributed by atoms with van der Waals surface area (Å²) in [7, 11) is 1.44. The Labute approximate surface area is 177 Å². The number of amides is 1. The highest BCUT2D eigenvalue weighted by atomic mass is 79.9. The smallest absolute Gasteiger partial charge is 0.258 e. The van der Waals surface area contributed by atoms with E-state index in [0.29, 0.717) is 11.0 Å². The summed E-state index contributed by atoms with van der Waals surface area (Å²) in [5.41, 5.74) is 0.885. The maximum Gasteiger partial charge on any atom is 0.258 e. The van der Waals surface area contributed by atoms with Crippen LogP contribution in [0.15, 0.2) is 40.9 Å². The van der Waals surface area contributed by atoms with E-state index in [1.54, 1.807) is 12.1 Å². The third-order valence-electron chi connectivity index (χ3n) is 4.83. The first-order valence-electron chi connectivity index (χ1n) is 9.36. The van der Waals surface area contributed by atoms with Crippen molar-refractivity contribution in [3.8, 4) is 11.5 Å². The third kappa shape index (κ3) is 6.14. The molecule has 29 heavy (non-hydrogen) atoms. The first-order valence-corrected chi connectivity index (χ1v) is 10.2. The fourth-order valence-electron chi connectivity index (χ4n) is 3.31. The van der Waals surface area contributed by atoms with Crippen molar-refractivity contribution >= 4 is 21.8 Å². The van der Waals surface area contributed by atoms with Crippen LogP contribution in [-0.2, 0) is 11.3 Å². The molecule has 1 aliphatic heterocycles. The van der Waals surface area contributed by atoms with Crippen LogP contribution in [0.25, 0.3) is 0 Å². The van der Waals surface area contributed by atoms with Gasteiger partial charge < -0.3 is 14.8 Å². The topological polar surface area (TPSA) is 50.8 Å². The Hall–Kier alpha value is -2.19. The van der Waals surface area contributed by atoms with Gasteiger partial charge in [0.2, 0.25) is 0 Å². The van der Waals surface area contributed by atoms with Gasteiger partial charge in [-0.2, -0.15) is 0 Å². The predicted octanol–water partition coefficient (Wildman–Crippen LogP) is 3.90. The Morgan fingerprint density at radius 3 is 2.48 bits per heavy atom. The Balaban J connectivity index is 1.41. The second-order valence-corrected chi connectivity index (χ2v) is 7.87. The molecule has 0 aromatic heterocycles. The number of ether oxygens (including phenoxy) is 2. The van der Waals surface area contributed by atoms with Crippen LogP contribution in [0.4, 0.5) is 8.78 Å². The molecule has 2 aromatic carbocycles. The zero-order valence-corrected chi connectivity index (χ0v) is 17.7. The van der Waals surface area contributed by atoms with Crippen molar-refractivity contribution in [1.29, 1.82) is 0 Å². The van der Waals surface area contributed by atoms with Crippen LogP contribution in [-0.4, -0.2) is 43.7 Å². The number of nitrogens with zero attached hydrogens (tertiary/aromatic N) is 1. The first-order chi connectivity index (χ1) is 13.9. The molecule has 0 bridgehead atoms. The predicted molar refractivity (Wildman–Crippen MR) is 109 cm³/mol. The van der Waals surface area contributed by atoms with Crippen molar-refractivity contribution in [2.24, 2.45) is 0 Å². The van der Waals surface area contributed by atoms with E-state index in [0.717, 1.165) is 31.5 Å². The number of nitrogens with one attached hydrogen (secondary N) is 1. The lowest BCUT2D eigenvalue weighted by atomic mass is 10.0. The number of hydrogen-bond acceptors (Lipinski definition) is 4. The minimum atomic E-state index is -0.518. The maximum atomic E-state index is 13.8. The normalized spacial score (nSPS) is 15.2. The molecule has 0 aliphatic carbocycles. The summed E-state index contributed by atoms with van der Waals surface area (Å²) in [5, 5.41) is 2.93. The van der Waals surface area contributed by atoms with E-state index >= 15 is 0 Å². The van der Waals surface area contributed by atoms with Gasteiger partial charge in [-0.05, 0) is 48.7 Å². The van der Waals surface area contributed by atoms with Gasteiger partial charge in [0.25, 0.3) is 5.91 Å². The Morgan fingerprint density at radius 1 is 1.14 bits per heavy atom. The van der Waals surface area contributed by atoms with E-state index in [-0.39, 0.29) is 35.9 Å². The number of likely N-dealkylation sites (tertiary alicyclic amines) is 1. The minimum Gasteiger partial charge on any atom is -0.494 e. The van der Waals surface area contributed by atoms with E-state index < -0.39 is 5.82 Å². The average molecular weight is 469 g/mol. The number of benzene rings is 2. The van der Waals surface area contributed by atoms with Crippen LogP contribution >= 0.6 is 15.9 Å². The van der Waals surface area contributed by atoms with Crippen LogP contribution in [0, 0.1) is 11.6 Å². The number of carbonyl (C=O) groups excluding carboxylic acids is 1. The molecule has 0 saturated carbocycles. The van der Waals surface area contributed by atoms with Crippen LogP contribution < -0.4 is 14.8 Å². The zero-order valence-electron chi connectivity index (χ0n) is 16.1. The second kappa shape index (κ2) is 10.0. The second-order valence-electron chi connectivity index (χ2n) is 6.95. The monoisotopic (exact) mass is 468 g/mol. The van der Waals surface area contributed by atoms with Gasteiger partial charge in [0.05, 0.1) is 7.11 Å². The molecule has 1 fully saturated rings. The van der Waals surface area contributed by atoms with Crippen molar-refractivity contribution in [2.75, 3.05) is 26.8 Å². The Morgan fingerprint density at radius 2 is 1.83 bits per heavy atom. The number of halogens is 3. The van der Waals surface area contributed by atoms with Crippen molar-refractivity contribution in [3.05, 3.63) is 58.1 Å². The summed E-state index contributed by atoms with van der Waals surface area (Å²) in [6.07, 6.45) is 1.58. The zero-order chi connectivity index (χ0) is 20.8. The number of carbonyl (C=O) groups is 1. The molecule has 1 heterocycles. The summed E-state index contributed by atoms with van der Waals surface area (Å²) in [6, 6.07) is 9.45. The van der Waals surface area contributed by atoms with E-state index in [4.69, 9.17) is 9.47 Å². The van der Waals surface area contributed by atoms with Crippen molar-refractivity contribution in [1.82, 2.24) is 10.2 Å². The van der Waals surface area contributed by atoms with Crippen molar-refractivity contribution in [3.63, 3.8) is 0 Å². The minimum absolute atomic E-state index is 0.0460. The molecule has 0 spiro atoms. The van der Waals surface area contributed by atoms with Gasteiger partial charge in [-0.25, -0.2) is 8.78 Å². The van der Waals surface area contributed by atoms with Crippen LogP contribution in [0.2, 0.25) is 0 Å². The summed E-state index contributed by atoms with van der Waals surface area (Å²) >= 11 is 3.17. The lowest BCUT2D eigenvalue weighted by Gasteiger charge is -2.32. The molecule has 2 aromatic rings. The van der Waals surface area contributed by atoms with Crippen molar-refractivity contribution < 1.29 is 23.0 Å². The largest absolute Gasteiger partial charge is 0.494 e. The molecular weight excluding hydrogens is 446 g/mol. The van der Waals surface area contributed by atoms with Gasteiger partial charge in [-0.3, -0.25) is 9.69 Å². The van der Waals surface area contributed by atoms with Gasteiger partial charge in [0.1, 0.15) is 0 Å². The average Bonchev–Trinajstić information content (AvgIpc) is 2.69. The summed E-state index contributed by atoms with van der Waals surface area (Å²) < 4.78 is 38.4. The summed E-state index contributed by atoms with van der Waals surface area (Å²) in [6.45, 7) is 2.00. The molecule has 156 valence electrons. The fourth-order valence-corrected chi connectivity index (χ4v) is 3.64. The molecule has 1 saturated heterocycles. The third-order valence-corrected chi connectivity index (χ3v) is 5.32. The van der Waals surface area contributed by atoms with Crippen LogP contribution in [0.1, 0.15) is 18.4 Å². The van der Waals surface area contributed by atoms with E-state index in [1.165, 1.54) is 25.3 Å². The molecule has 1 amide bonds. The Kier molecular flexibility index (Phi) is 7.44. The molecule has 1 N–H and O–H groups in total. The van der Waals surface area contributed by atoms with Gasteiger partial charge in [0.15, 0.2) is 29.7 Å². The number of hydrogen-bond donors (Lipinski definition) is 1. The SMILES string of the molecule is COc1ccc(CN2CCC(NC(=O)COc3ccc(Br)cc3F)CC2)cc1F. The number of rotatable bonds is 7. The molecule has 3 rings (SSSR count). The molecule has 8 heteroatoms. The van der Waals surface area contributed by atoms with E-state index in [2.05, 4.69) is 26.1 Å². The van der Waals surface area contributed by atoms with Crippen LogP contribution in [0.3, 0.4) is 0 Å². The number of methoxy groups -OCH3 is 1. The van der Waals surface area contributed by atoms with Gasteiger partial charge in [-0.1, -0.05) is 22.0 Å². The summed E-state index contributed by atoms with van der Waals surface area (Å²) in [4.78, 5) is 14.3. The fraction of sp³-hybridized carbons (Fsp3) is 0.381. The molecule has 5 nitrogen and oxygen atoms in total. The van der Waals surface area contributed by atoms with Gasteiger partial charge in [-0.15, -0.1) is 0 Å². The van der Waals surface area contributed by atoms with Gasteiger partial charge in [0, 0.05) is 30.1 Å². The highest BCUT2D eigenvalue weighted by Crippen LogP contribution is 2.22. The standard InChI is InChI=1S/C21H23BrF2N2O3/c1-28-19-4-2-14(10-17(19)23)12-26-8-6-16(7-9-26)25-21(27)13-29-20-5-3-15(22)11-18(20)24/h2-5,10-11,16H,6-9,12-13H2,1H3,(H,25,27). The van der Waals surface area contributed by atoms with Crippen LogP contribution in [0.5, 0.6) is 11.5 Å². The molecular formula is C21H23BrF2N2O3. The van der Waals surface area contributed by atoms with E-state index in [1.807, 2.05) is 6.07 Å². The van der Waals surface area contributed by atoms with Crippen molar-refractivity contribution in [2.45, 2.75) is 25.4 Å². The first kappa shape index (κ1) is 21.5. The maximum absolute atomic E-state index is 13.8. The highest BCUT2D eigenvalue weighted by molar-refractivity contribution is 9.10.